The first-order chi connectivity index (χ1) is 8.69. The summed E-state index contributed by atoms with van der Waals surface area (Å²) in [5.74, 6) is 1.37. The Morgan fingerprint density at radius 1 is 1.50 bits per heavy atom. The molecule has 2 nitrogen and oxygen atoms in total. The first-order valence-corrected chi connectivity index (χ1v) is 7.19. The summed E-state index contributed by atoms with van der Waals surface area (Å²) in [5.41, 5.74) is 1.35. The average molecular weight is 267 g/mol. The van der Waals surface area contributed by atoms with Crippen molar-refractivity contribution in [2.75, 3.05) is 33.2 Å². The molecule has 1 aliphatic rings. The first-order valence-electron chi connectivity index (χ1n) is 6.81. The second kappa shape index (κ2) is 6.55. The third-order valence-corrected chi connectivity index (χ3v) is 4.05. The van der Waals surface area contributed by atoms with Gasteiger partial charge in [-0.3, -0.25) is 0 Å². The van der Waals surface area contributed by atoms with Crippen LogP contribution >= 0.6 is 11.6 Å². The zero-order valence-corrected chi connectivity index (χ0v) is 12.1. The summed E-state index contributed by atoms with van der Waals surface area (Å²) in [7, 11) is 2.04. The summed E-state index contributed by atoms with van der Waals surface area (Å²) in [6.45, 7) is 7.03. The normalized spacial score (nSPS) is 22.3. The lowest BCUT2D eigenvalue weighted by atomic mass is 10.0. The van der Waals surface area contributed by atoms with Gasteiger partial charge in [0.15, 0.2) is 0 Å². The molecule has 0 spiro atoms. The van der Waals surface area contributed by atoms with Crippen molar-refractivity contribution in [3.8, 4) is 0 Å². The molecule has 2 atom stereocenters. The van der Waals surface area contributed by atoms with E-state index < -0.39 is 0 Å². The molecule has 2 rings (SSSR count). The highest BCUT2D eigenvalue weighted by Gasteiger charge is 2.23. The average Bonchev–Trinajstić information content (AvgIpc) is 2.77. The fourth-order valence-corrected chi connectivity index (χ4v) is 3.04. The van der Waals surface area contributed by atoms with Crippen molar-refractivity contribution in [2.45, 2.75) is 19.3 Å². The van der Waals surface area contributed by atoms with Gasteiger partial charge in [-0.1, -0.05) is 30.7 Å². The molecule has 1 heterocycles. The van der Waals surface area contributed by atoms with Crippen molar-refractivity contribution in [3.63, 3.8) is 0 Å². The number of hydrogen-bond donors (Lipinski definition) is 1. The molecule has 18 heavy (non-hydrogen) atoms. The van der Waals surface area contributed by atoms with Crippen LogP contribution in [0.4, 0.5) is 0 Å². The molecule has 1 aliphatic heterocycles. The highest BCUT2D eigenvalue weighted by molar-refractivity contribution is 6.30. The van der Waals surface area contributed by atoms with Gasteiger partial charge in [0.05, 0.1) is 0 Å². The van der Waals surface area contributed by atoms with E-state index in [0.29, 0.717) is 5.92 Å². The van der Waals surface area contributed by atoms with Crippen molar-refractivity contribution in [1.29, 1.82) is 0 Å². The minimum Gasteiger partial charge on any atom is -0.319 e. The van der Waals surface area contributed by atoms with Crippen LogP contribution in [0.1, 0.15) is 24.8 Å². The molecule has 1 aromatic rings. The van der Waals surface area contributed by atoms with Crippen molar-refractivity contribution in [2.24, 2.45) is 5.92 Å². The van der Waals surface area contributed by atoms with Gasteiger partial charge in [0.25, 0.3) is 0 Å². The zero-order valence-electron chi connectivity index (χ0n) is 11.3. The largest absolute Gasteiger partial charge is 0.319 e. The first kappa shape index (κ1) is 13.9. The molecule has 0 aliphatic carbocycles. The number of halogens is 1. The number of nitrogens with zero attached hydrogens (tertiary/aromatic N) is 1. The highest BCUT2D eigenvalue weighted by Crippen LogP contribution is 2.23. The van der Waals surface area contributed by atoms with Crippen molar-refractivity contribution in [1.82, 2.24) is 10.2 Å². The van der Waals surface area contributed by atoms with Crippen LogP contribution in [0.3, 0.4) is 0 Å². The van der Waals surface area contributed by atoms with Gasteiger partial charge in [-0.25, -0.2) is 0 Å². The van der Waals surface area contributed by atoms with Crippen LogP contribution in [0.5, 0.6) is 0 Å². The topological polar surface area (TPSA) is 15.3 Å². The van der Waals surface area contributed by atoms with E-state index in [1.807, 2.05) is 19.2 Å². The molecule has 0 aromatic heterocycles. The van der Waals surface area contributed by atoms with Gasteiger partial charge in [-0.05, 0) is 56.1 Å². The van der Waals surface area contributed by atoms with E-state index in [2.05, 4.69) is 29.3 Å². The van der Waals surface area contributed by atoms with Crippen LogP contribution < -0.4 is 5.32 Å². The Balaban J connectivity index is 1.86. The van der Waals surface area contributed by atoms with E-state index in [4.69, 9.17) is 11.6 Å². The number of likely N-dealkylation sites (tertiary alicyclic amines) is 1. The third-order valence-electron chi connectivity index (χ3n) is 3.81. The van der Waals surface area contributed by atoms with Gasteiger partial charge < -0.3 is 10.2 Å². The summed E-state index contributed by atoms with van der Waals surface area (Å²) in [5, 5.41) is 4.12. The maximum absolute atomic E-state index is 6.05. The van der Waals surface area contributed by atoms with Crippen molar-refractivity contribution in [3.05, 3.63) is 34.9 Å². The summed E-state index contributed by atoms with van der Waals surface area (Å²) in [4.78, 5) is 2.58. The molecule has 2 unspecified atom stereocenters. The minimum absolute atomic E-state index is 0.553. The molecule has 1 fully saturated rings. The van der Waals surface area contributed by atoms with Crippen LogP contribution in [-0.2, 0) is 0 Å². The molecule has 100 valence electrons. The monoisotopic (exact) mass is 266 g/mol. The molecule has 1 aromatic carbocycles. The van der Waals surface area contributed by atoms with Gasteiger partial charge in [-0.2, -0.15) is 0 Å². The van der Waals surface area contributed by atoms with Crippen molar-refractivity contribution >= 4 is 11.6 Å². The zero-order chi connectivity index (χ0) is 13.0. The number of benzene rings is 1. The number of nitrogens with one attached hydrogen (secondary N) is 1. The predicted octanol–water partition coefficient (Wildman–Crippen LogP) is 2.98. The number of hydrogen-bond acceptors (Lipinski definition) is 2. The quantitative estimate of drug-likeness (QED) is 0.882. The van der Waals surface area contributed by atoms with Gasteiger partial charge in [-0.15, -0.1) is 0 Å². The molecule has 1 saturated heterocycles. The van der Waals surface area contributed by atoms with Crippen LogP contribution in [0, 0.1) is 5.92 Å². The smallest absolute Gasteiger partial charge is 0.0408 e. The van der Waals surface area contributed by atoms with Gasteiger partial charge >= 0.3 is 0 Å². The molecule has 1 N–H and O–H groups in total. The van der Waals surface area contributed by atoms with E-state index in [0.717, 1.165) is 24.0 Å². The second-order valence-electron chi connectivity index (χ2n) is 5.43. The van der Waals surface area contributed by atoms with Gasteiger partial charge in [0, 0.05) is 18.1 Å². The van der Waals surface area contributed by atoms with E-state index in [1.165, 1.54) is 25.1 Å². The van der Waals surface area contributed by atoms with Gasteiger partial charge in [0.2, 0.25) is 0 Å². The maximum Gasteiger partial charge on any atom is 0.0408 e. The fourth-order valence-electron chi connectivity index (χ4n) is 2.84. The van der Waals surface area contributed by atoms with Crippen LogP contribution in [0.15, 0.2) is 24.3 Å². The molecule has 3 heteroatoms. The van der Waals surface area contributed by atoms with Crippen LogP contribution in [0.25, 0.3) is 0 Å². The lowest BCUT2D eigenvalue weighted by Gasteiger charge is -2.21. The Hall–Kier alpha value is -0.570. The Bertz CT molecular complexity index is 381. The van der Waals surface area contributed by atoms with E-state index >= 15 is 0 Å². The summed E-state index contributed by atoms with van der Waals surface area (Å²) in [6, 6.07) is 8.25. The summed E-state index contributed by atoms with van der Waals surface area (Å²) in [6.07, 6.45) is 1.32. The van der Waals surface area contributed by atoms with Crippen LogP contribution in [-0.4, -0.2) is 38.1 Å². The maximum atomic E-state index is 6.05. The van der Waals surface area contributed by atoms with E-state index in [-0.39, 0.29) is 0 Å². The van der Waals surface area contributed by atoms with E-state index in [1.54, 1.807) is 0 Å². The lowest BCUT2D eigenvalue weighted by Crippen LogP contribution is -2.27. The molecule has 0 saturated carbocycles. The van der Waals surface area contributed by atoms with Crippen LogP contribution in [0.2, 0.25) is 5.02 Å². The van der Waals surface area contributed by atoms with Crippen molar-refractivity contribution < 1.29 is 0 Å². The Morgan fingerprint density at radius 3 is 3.06 bits per heavy atom. The Labute approximate surface area is 115 Å². The number of rotatable bonds is 5. The standard InChI is InChI=1S/C15H23ClN2/c1-12(14-4-3-5-15(16)8-14)10-18-7-6-13(11-18)9-17-2/h3-5,8,12-13,17H,6-7,9-11H2,1-2H3. The van der Waals surface area contributed by atoms with E-state index in [9.17, 15) is 0 Å². The second-order valence-corrected chi connectivity index (χ2v) is 5.86. The Kier molecular flexibility index (Phi) is 5.04. The third kappa shape index (κ3) is 3.71. The van der Waals surface area contributed by atoms with Gasteiger partial charge in [0.1, 0.15) is 0 Å². The predicted molar refractivity (Wildman–Crippen MR) is 78.3 cm³/mol. The molecule has 0 radical (unpaired) electrons. The summed E-state index contributed by atoms with van der Waals surface area (Å²) >= 11 is 6.05. The Morgan fingerprint density at radius 2 is 2.33 bits per heavy atom. The fraction of sp³-hybridized carbons (Fsp3) is 0.600. The molecular formula is C15H23ClN2. The summed E-state index contributed by atoms with van der Waals surface area (Å²) < 4.78 is 0. The molecular weight excluding hydrogens is 244 g/mol. The molecule has 0 bridgehead atoms. The SMILES string of the molecule is CNCC1CCN(CC(C)c2cccc(Cl)c2)C1. The minimum atomic E-state index is 0.553. The lowest BCUT2D eigenvalue weighted by molar-refractivity contribution is 0.307. The highest BCUT2D eigenvalue weighted by atomic mass is 35.5. The molecule has 0 amide bonds.